The maximum Gasteiger partial charge on any atom is 0.124 e. The average molecular weight is 269 g/mol. The van der Waals surface area contributed by atoms with Crippen LogP contribution < -0.4 is 10.1 Å². The molecule has 0 fully saturated rings. The first-order valence-electron chi connectivity index (χ1n) is 7.00. The van der Waals surface area contributed by atoms with E-state index < -0.39 is 0 Å². The number of methoxy groups -OCH3 is 1. The first-order chi connectivity index (χ1) is 9.52. The van der Waals surface area contributed by atoms with Crippen LogP contribution in [0.15, 0.2) is 36.4 Å². The lowest BCUT2D eigenvalue weighted by molar-refractivity contribution is 0.408. The number of rotatable bonds is 4. The Bertz CT molecular complexity index is 581. The summed E-state index contributed by atoms with van der Waals surface area (Å²) in [5.74, 6) is 0.971. The van der Waals surface area contributed by atoms with E-state index in [-0.39, 0.29) is 6.04 Å². The predicted molar refractivity (Wildman–Crippen MR) is 85.7 cm³/mol. The molecule has 1 atom stereocenters. The number of hydrogen-bond acceptors (Lipinski definition) is 2. The summed E-state index contributed by atoms with van der Waals surface area (Å²) in [5, 5.41) is 3.58. The summed E-state index contributed by atoms with van der Waals surface area (Å²) in [4.78, 5) is 0. The van der Waals surface area contributed by atoms with Crippen molar-refractivity contribution in [2.75, 3.05) is 12.4 Å². The number of hydrogen-bond donors (Lipinski definition) is 1. The largest absolute Gasteiger partial charge is 0.496 e. The number of nitrogens with one attached hydrogen (secondary N) is 1. The minimum absolute atomic E-state index is 0.281. The van der Waals surface area contributed by atoms with Crippen molar-refractivity contribution in [2.45, 2.75) is 33.7 Å². The second kappa shape index (κ2) is 6.00. The van der Waals surface area contributed by atoms with Crippen molar-refractivity contribution in [3.05, 3.63) is 58.7 Å². The van der Waals surface area contributed by atoms with Crippen LogP contribution in [0.4, 0.5) is 5.69 Å². The van der Waals surface area contributed by atoms with Gasteiger partial charge < -0.3 is 10.1 Å². The van der Waals surface area contributed by atoms with Crippen molar-refractivity contribution >= 4 is 5.69 Å². The van der Waals surface area contributed by atoms with Crippen molar-refractivity contribution in [3.8, 4) is 5.75 Å². The first-order valence-corrected chi connectivity index (χ1v) is 7.00. The maximum absolute atomic E-state index is 5.41. The standard InChI is InChI=1S/C18H23NO/c1-12-8-6-7-9-17(12)15(4)19-16-10-13(2)18(20-5)14(3)11-16/h6-11,15,19H,1-5H3/t15-/m0/s1. The van der Waals surface area contributed by atoms with E-state index in [0.717, 1.165) is 22.6 Å². The smallest absolute Gasteiger partial charge is 0.124 e. The highest BCUT2D eigenvalue weighted by atomic mass is 16.5. The Balaban J connectivity index is 2.24. The molecular weight excluding hydrogens is 246 g/mol. The molecule has 0 bridgehead atoms. The quantitative estimate of drug-likeness (QED) is 0.861. The van der Waals surface area contributed by atoms with Gasteiger partial charge in [-0.1, -0.05) is 24.3 Å². The molecule has 2 aromatic carbocycles. The van der Waals surface area contributed by atoms with E-state index in [0.29, 0.717) is 0 Å². The van der Waals surface area contributed by atoms with Crippen LogP contribution in [0.25, 0.3) is 0 Å². The van der Waals surface area contributed by atoms with Gasteiger partial charge in [0.25, 0.3) is 0 Å². The molecule has 2 rings (SSSR count). The Morgan fingerprint density at radius 1 is 0.950 bits per heavy atom. The Kier molecular flexibility index (Phi) is 4.33. The van der Waals surface area contributed by atoms with E-state index in [4.69, 9.17) is 4.74 Å². The highest BCUT2D eigenvalue weighted by Crippen LogP contribution is 2.29. The van der Waals surface area contributed by atoms with Gasteiger partial charge in [-0.25, -0.2) is 0 Å². The Labute approximate surface area is 121 Å². The zero-order valence-corrected chi connectivity index (χ0v) is 12.9. The summed E-state index contributed by atoms with van der Waals surface area (Å²) in [6.45, 7) is 8.50. The van der Waals surface area contributed by atoms with Gasteiger partial charge in [-0.2, -0.15) is 0 Å². The summed E-state index contributed by atoms with van der Waals surface area (Å²) in [7, 11) is 1.72. The Hall–Kier alpha value is -1.96. The summed E-state index contributed by atoms with van der Waals surface area (Å²) < 4.78 is 5.41. The predicted octanol–water partition coefficient (Wildman–Crippen LogP) is 4.79. The highest BCUT2D eigenvalue weighted by Gasteiger charge is 2.10. The monoisotopic (exact) mass is 269 g/mol. The zero-order valence-electron chi connectivity index (χ0n) is 12.9. The average Bonchev–Trinajstić information content (AvgIpc) is 2.38. The van der Waals surface area contributed by atoms with E-state index in [1.54, 1.807) is 7.11 Å². The van der Waals surface area contributed by atoms with Crippen molar-refractivity contribution in [2.24, 2.45) is 0 Å². The van der Waals surface area contributed by atoms with Gasteiger partial charge >= 0.3 is 0 Å². The zero-order chi connectivity index (χ0) is 14.7. The molecule has 2 nitrogen and oxygen atoms in total. The molecule has 0 saturated heterocycles. The van der Waals surface area contributed by atoms with Gasteiger partial charge in [-0.15, -0.1) is 0 Å². The molecule has 0 aliphatic carbocycles. The van der Waals surface area contributed by atoms with Crippen molar-refractivity contribution < 1.29 is 4.74 Å². The molecule has 0 aliphatic heterocycles. The van der Waals surface area contributed by atoms with Gasteiger partial charge in [-0.3, -0.25) is 0 Å². The van der Waals surface area contributed by atoms with E-state index in [1.165, 1.54) is 11.1 Å². The number of aryl methyl sites for hydroxylation is 3. The van der Waals surface area contributed by atoms with Gasteiger partial charge in [0.05, 0.1) is 7.11 Å². The van der Waals surface area contributed by atoms with Crippen molar-refractivity contribution in [3.63, 3.8) is 0 Å². The molecule has 0 spiro atoms. The molecule has 0 radical (unpaired) electrons. The molecule has 0 amide bonds. The van der Waals surface area contributed by atoms with Crippen molar-refractivity contribution in [1.82, 2.24) is 0 Å². The lowest BCUT2D eigenvalue weighted by Crippen LogP contribution is -2.08. The van der Waals surface area contributed by atoms with Gasteiger partial charge in [-0.05, 0) is 62.1 Å². The topological polar surface area (TPSA) is 21.3 Å². The van der Waals surface area contributed by atoms with E-state index >= 15 is 0 Å². The molecule has 0 heterocycles. The van der Waals surface area contributed by atoms with Crippen LogP contribution in [-0.4, -0.2) is 7.11 Å². The second-order valence-corrected chi connectivity index (χ2v) is 5.37. The third-order valence-corrected chi connectivity index (χ3v) is 3.70. The lowest BCUT2D eigenvalue weighted by atomic mass is 10.0. The summed E-state index contributed by atoms with van der Waals surface area (Å²) in [5.41, 5.74) is 6.10. The summed E-state index contributed by atoms with van der Waals surface area (Å²) in [6.07, 6.45) is 0. The van der Waals surface area contributed by atoms with Gasteiger partial charge in [0.15, 0.2) is 0 Å². The van der Waals surface area contributed by atoms with E-state index in [2.05, 4.69) is 69.4 Å². The second-order valence-electron chi connectivity index (χ2n) is 5.37. The third kappa shape index (κ3) is 2.96. The summed E-state index contributed by atoms with van der Waals surface area (Å²) >= 11 is 0. The fraction of sp³-hybridized carbons (Fsp3) is 0.333. The van der Waals surface area contributed by atoms with Crippen LogP contribution >= 0.6 is 0 Å². The van der Waals surface area contributed by atoms with Crippen LogP contribution in [-0.2, 0) is 0 Å². The Morgan fingerprint density at radius 2 is 1.55 bits per heavy atom. The molecule has 0 aliphatic rings. The molecule has 2 heteroatoms. The normalized spacial score (nSPS) is 12.1. The van der Waals surface area contributed by atoms with Crippen LogP contribution in [0.3, 0.4) is 0 Å². The van der Waals surface area contributed by atoms with Gasteiger partial charge in [0.2, 0.25) is 0 Å². The molecular formula is C18H23NO. The SMILES string of the molecule is COc1c(C)cc(N[C@@H](C)c2ccccc2C)cc1C. The number of ether oxygens (including phenoxy) is 1. The van der Waals surface area contributed by atoms with Crippen LogP contribution in [0.5, 0.6) is 5.75 Å². The molecule has 0 unspecified atom stereocenters. The van der Waals surface area contributed by atoms with Crippen LogP contribution in [0, 0.1) is 20.8 Å². The minimum atomic E-state index is 0.281. The van der Waals surface area contributed by atoms with Crippen molar-refractivity contribution in [1.29, 1.82) is 0 Å². The molecule has 20 heavy (non-hydrogen) atoms. The summed E-state index contributed by atoms with van der Waals surface area (Å²) in [6, 6.07) is 13.1. The van der Waals surface area contributed by atoms with Gasteiger partial charge in [0.1, 0.15) is 5.75 Å². The van der Waals surface area contributed by atoms with Gasteiger partial charge in [0, 0.05) is 11.7 Å². The molecule has 0 saturated carbocycles. The molecule has 0 aromatic heterocycles. The highest BCUT2D eigenvalue weighted by molar-refractivity contribution is 5.56. The molecule has 106 valence electrons. The number of benzene rings is 2. The third-order valence-electron chi connectivity index (χ3n) is 3.70. The Morgan fingerprint density at radius 3 is 2.10 bits per heavy atom. The minimum Gasteiger partial charge on any atom is -0.496 e. The van der Waals surface area contributed by atoms with E-state index in [1.807, 2.05) is 0 Å². The molecule has 2 aromatic rings. The van der Waals surface area contributed by atoms with E-state index in [9.17, 15) is 0 Å². The fourth-order valence-electron chi connectivity index (χ4n) is 2.76. The fourth-order valence-corrected chi connectivity index (χ4v) is 2.76. The van der Waals surface area contributed by atoms with Crippen LogP contribution in [0.2, 0.25) is 0 Å². The first kappa shape index (κ1) is 14.4. The molecule has 1 N–H and O–H groups in total. The lowest BCUT2D eigenvalue weighted by Gasteiger charge is -2.19. The maximum atomic E-state index is 5.41. The van der Waals surface area contributed by atoms with Crippen LogP contribution in [0.1, 0.15) is 35.2 Å². The number of anilines is 1.